The maximum atomic E-state index is 12.3. The minimum absolute atomic E-state index is 0.116. The number of carbonyl (C=O) groups excluding carboxylic acids is 2. The van der Waals surface area contributed by atoms with Crippen LogP contribution in [0.15, 0.2) is 30.5 Å². The van der Waals surface area contributed by atoms with Crippen molar-refractivity contribution in [2.24, 2.45) is 0 Å². The van der Waals surface area contributed by atoms with Crippen molar-refractivity contribution < 1.29 is 9.59 Å². The van der Waals surface area contributed by atoms with Gasteiger partial charge in [-0.05, 0) is 25.0 Å². The molecule has 2 amide bonds. The third-order valence-corrected chi connectivity index (χ3v) is 3.73. The highest BCUT2D eigenvalue weighted by Gasteiger charge is 2.38. The molecule has 5 nitrogen and oxygen atoms in total. The molecule has 0 spiro atoms. The molecule has 98 valence electrons. The molecule has 1 atom stereocenters. The third kappa shape index (κ3) is 1.78. The van der Waals surface area contributed by atoms with Crippen LogP contribution < -0.4 is 11.1 Å². The van der Waals surface area contributed by atoms with Gasteiger partial charge in [-0.3, -0.25) is 9.59 Å². The summed E-state index contributed by atoms with van der Waals surface area (Å²) in [6, 6.07) is 4.87. The van der Waals surface area contributed by atoms with E-state index in [9.17, 15) is 9.59 Å². The Kier molecular flexibility index (Phi) is 2.55. The summed E-state index contributed by atoms with van der Waals surface area (Å²) in [5, 5.41) is 2.71. The highest BCUT2D eigenvalue weighted by molar-refractivity contribution is 6.02. The lowest BCUT2D eigenvalue weighted by atomic mass is 10.0. The van der Waals surface area contributed by atoms with Crippen molar-refractivity contribution in [3.8, 4) is 0 Å². The van der Waals surface area contributed by atoms with Crippen LogP contribution in [-0.4, -0.2) is 22.8 Å². The molecule has 3 rings (SSSR count). The van der Waals surface area contributed by atoms with Crippen LogP contribution in [0, 0.1) is 0 Å². The molecule has 19 heavy (non-hydrogen) atoms. The highest BCUT2D eigenvalue weighted by atomic mass is 16.2. The molecule has 1 saturated heterocycles. The molecule has 1 aromatic rings. The van der Waals surface area contributed by atoms with Crippen molar-refractivity contribution in [3.05, 3.63) is 41.6 Å². The maximum Gasteiger partial charge on any atom is 0.255 e. The lowest BCUT2D eigenvalue weighted by Crippen LogP contribution is -2.49. The lowest BCUT2D eigenvalue weighted by molar-refractivity contribution is -0.126. The summed E-state index contributed by atoms with van der Waals surface area (Å²) in [5.41, 5.74) is 8.64. The molecule has 1 unspecified atom stereocenters. The molecule has 0 aliphatic carbocycles. The number of nitrogen functional groups attached to an aromatic ring is 1. The van der Waals surface area contributed by atoms with Crippen molar-refractivity contribution in [1.29, 1.82) is 0 Å². The van der Waals surface area contributed by atoms with E-state index in [1.165, 1.54) is 0 Å². The summed E-state index contributed by atoms with van der Waals surface area (Å²) in [4.78, 5) is 25.9. The van der Waals surface area contributed by atoms with E-state index in [2.05, 4.69) is 11.9 Å². The number of hydrogen-bond donors (Lipinski definition) is 2. The highest BCUT2D eigenvalue weighted by Crippen LogP contribution is 2.31. The zero-order valence-corrected chi connectivity index (χ0v) is 10.5. The average Bonchev–Trinajstić information content (AvgIpc) is 2.69. The number of nitrogens with zero attached hydrogens (tertiary/aromatic N) is 1. The van der Waals surface area contributed by atoms with Crippen molar-refractivity contribution in [2.75, 3.05) is 5.73 Å². The van der Waals surface area contributed by atoms with E-state index in [-0.39, 0.29) is 11.8 Å². The average molecular weight is 257 g/mol. The third-order valence-electron chi connectivity index (χ3n) is 3.73. The number of anilines is 1. The van der Waals surface area contributed by atoms with Crippen molar-refractivity contribution >= 4 is 17.5 Å². The SMILES string of the molecule is C=C1CCC(N2Cc3c(N)cccc3C2=O)C(=O)N1. The number of amides is 2. The van der Waals surface area contributed by atoms with Gasteiger partial charge in [-0.15, -0.1) is 0 Å². The van der Waals surface area contributed by atoms with Gasteiger partial charge in [0.05, 0.1) is 0 Å². The first-order valence-electron chi connectivity index (χ1n) is 6.25. The monoisotopic (exact) mass is 257 g/mol. The van der Waals surface area contributed by atoms with E-state index in [1.807, 2.05) is 0 Å². The van der Waals surface area contributed by atoms with Gasteiger partial charge in [-0.25, -0.2) is 0 Å². The second-order valence-electron chi connectivity index (χ2n) is 4.95. The van der Waals surface area contributed by atoms with Crippen LogP contribution in [0.3, 0.4) is 0 Å². The number of benzene rings is 1. The molecule has 3 N–H and O–H groups in total. The fourth-order valence-corrected chi connectivity index (χ4v) is 2.69. The van der Waals surface area contributed by atoms with Crippen LogP contribution in [-0.2, 0) is 11.3 Å². The summed E-state index contributed by atoms with van der Waals surface area (Å²) in [6.07, 6.45) is 1.32. The molecule has 0 saturated carbocycles. The Labute approximate surface area is 111 Å². The van der Waals surface area contributed by atoms with Gasteiger partial charge in [-0.1, -0.05) is 12.6 Å². The van der Waals surface area contributed by atoms with Crippen LogP contribution >= 0.6 is 0 Å². The van der Waals surface area contributed by atoms with Crippen molar-refractivity contribution in [1.82, 2.24) is 10.2 Å². The van der Waals surface area contributed by atoms with Crippen molar-refractivity contribution in [2.45, 2.75) is 25.4 Å². The Morgan fingerprint density at radius 1 is 1.37 bits per heavy atom. The molecule has 0 bridgehead atoms. The minimum atomic E-state index is -0.426. The zero-order chi connectivity index (χ0) is 13.6. The molecular formula is C14H15N3O2. The van der Waals surface area contributed by atoms with E-state index in [4.69, 9.17) is 5.73 Å². The van der Waals surface area contributed by atoms with E-state index < -0.39 is 6.04 Å². The van der Waals surface area contributed by atoms with Crippen LogP contribution in [0.5, 0.6) is 0 Å². The lowest BCUT2D eigenvalue weighted by Gasteiger charge is -2.30. The summed E-state index contributed by atoms with van der Waals surface area (Å²) in [5.74, 6) is -0.272. The van der Waals surface area contributed by atoms with Crippen LogP contribution in [0.4, 0.5) is 5.69 Å². The molecule has 1 aromatic carbocycles. The summed E-state index contributed by atoms with van der Waals surface area (Å²) in [7, 11) is 0. The van der Waals surface area contributed by atoms with E-state index in [1.54, 1.807) is 23.1 Å². The van der Waals surface area contributed by atoms with Gasteiger partial charge in [0.25, 0.3) is 5.91 Å². The van der Waals surface area contributed by atoms with E-state index >= 15 is 0 Å². The molecule has 5 heteroatoms. The first kappa shape index (κ1) is 11.8. The number of fused-ring (bicyclic) bond motifs is 1. The fourth-order valence-electron chi connectivity index (χ4n) is 2.69. The fraction of sp³-hybridized carbons (Fsp3) is 0.286. The molecule has 0 aromatic heterocycles. The van der Waals surface area contributed by atoms with E-state index in [0.29, 0.717) is 36.3 Å². The van der Waals surface area contributed by atoms with Gasteiger partial charge in [0.2, 0.25) is 5.91 Å². The first-order chi connectivity index (χ1) is 9.08. The van der Waals surface area contributed by atoms with Gasteiger partial charge in [0.15, 0.2) is 0 Å². The normalized spacial score (nSPS) is 22.4. The minimum Gasteiger partial charge on any atom is -0.398 e. The molecule has 1 fully saturated rings. The Hall–Kier alpha value is -2.30. The number of hydrogen-bond acceptors (Lipinski definition) is 3. The second-order valence-corrected chi connectivity index (χ2v) is 4.95. The Bertz CT molecular complexity index is 594. The molecule has 0 radical (unpaired) electrons. The maximum absolute atomic E-state index is 12.3. The Morgan fingerprint density at radius 3 is 2.84 bits per heavy atom. The van der Waals surface area contributed by atoms with Crippen LogP contribution in [0.1, 0.15) is 28.8 Å². The summed E-state index contributed by atoms with van der Waals surface area (Å²) in [6.45, 7) is 4.15. The number of allylic oxidation sites excluding steroid dienone is 1. The number of rotatable bonds is 1. The molecular weight excluding hydrogens is 242 g/mol. The molecule has 2 aliphatic rings. The van der Waals surface area contributed by atoms with Gasteiger partial charge in [0.1, 0.15) is 6.04 Å². The largest absolute Gasteiger partial charge is 0.398 e. The van der Waals surface area contributed by atoms with Crippen molar-refractivity contribution in [3.63, 3.8) is 0 Å². The first-order valence-corrected chi connectivity index (χ1v) is 6.25. The van der Waals surface area contributed by atoms with E-state index in [0.717, 1.165) is 5.56 Å². The Balaban J connectivity index is 1.90. The topological polar surface area (TPSA) is 75.4 Å². The quantitative estimate of drug-likeness (QED) is 0.737. The summed E-state index contributed by atoms with van der Waals surface area (Å²) < 4.78 is 0. The van der Waals surface area contributed by atoms with Gasteiger partial charge >= 0.3 is 0 Å². The van der Waals surface area contributed by atoms with Gasteiger partial charge < -0.3 is 16.0 Å². The number of piperidine rings is 1. The van der Waals surface area contributed by atoms with Crippen LogP contribution in [0.2, 0.25) is 0 Å². The molecule has 2 aliphatic heterocycles. The standard InChI is InChI=1S/C14H15N3O2/c1-8-5-6-12(13(18)16-8)17-7-10-9(14(17)19)3-2-4-11(10)15/h2-4,12H,1,5-7,15H2,(H,16,18). The molecule has 2 heterocycles. The predicted molar refractivity (Wildman–Crippen MR) is 71.0 cm³/mol. The second kappa shape index (κ2) is 4.12. The zero-order valence-electron chi connectivity index (χ0n) is 10.5. The predicted octanol–water partition coefficient (Wildman–Crippen LogP) is 1.02. The Morgan fingerprint density at radius 2 is 2.16 bits per heavy atom. The smallest absolute Gasteiger partial charge is 0.255 e. The number of nitrogens with two attached hydrogens (primary N) is 1. The summed E-state index contributed by atoms with van der Waals surface area (Å²) >= 11 is 0. The van der Waals surface area contributed by atoms with Crippen LogP contribution in [0.25, 0.3) is 0 Å². The number of carbonyl (C=O) groups is 2. The van der Waals surface area contributed by atoms with Gasteiger partial charge in [0, 0.05) is 29.1 Å². The van der Waals surface area contributed by atoms with Gasteiger partial charge in [-0.2, -0.15) is 0 Å². The number of nitrogens with one attached hydrogen (secondary N) is 1.